The van der Waals surface area contributed by atoms with E-state index in [9.17, 15) is 0 Å². The van der Waals surface area contributed by atoms with E-state index >= 15 is 0 Å². The zero-order valence-corrected chi connectivity index (χ0v) is 19.7. The second-order valence-corrected chi connectivity index (χ2v) is 8.53. The first-order chi connectivity index (χ1) is 16.8. The molecule has 1 aromatic heterocycles. The number of hydrogen-bond donors (Lipinski definition) is 0. The zero-order chi connectivity index (χ0) is 23.3. The van der Waals surface area contributed by atoms with Gasteiger partial charge in [-0.05, 0) is 84.6 Å². The summed E-state index contributed by atoms with van der Waals surface area (Å²) >= 11 is 0. The van der Waals surface area contributed by atoms with Crippen LogP contribution >= 0.6 is 0 Å². The SMILES string of the molecule is C1=NCCCCCCCCN=Cc2ccc(cc2)OCc2cccc(n2)COc2ccc1cc2. The van der Waals surface area contributed by atoms with Crippen molar-refractivity contribution < 1.29 is 9.47 Å². The molecular weight excluding hydrogens is 422 g/mol. The van der Waals surface area contributed by atoms with E-state index in [-0.39, 0.29) is 0 Å². The molecule has 3 aromatic rings. The van der Waals surface area contributed by atoms with Crippen molar-refractivity contribution in [3.8, 4) is 11.5 Å². The zero-order valence-electron chi connectivity index (χ0n) is 19.7. The molecule has 0 aliphatic carbocycles. The molecule has 5 heteroatoms. The molecule has 4 heterocycles. The van der Waals surface area contributed by atoms with Crippen molar-refractivity contribution in [1.29, 1.82) is 0 Å². The van der Waals surface area contributed by atoms with E-state index in [0.717, 1.165) is 59.9 Å². The summed E-state index contributed by atoms with van der Waals surface area (Å²) in [5, 5.41) is 0. The van der Waals surface area contributed by atoms with E-state index in [1.165, 1.54) is 25.7 Å². The molecule has 0 amide bonds. The molecular formula is C29H33N3O2. The summed E-state index contributed by atoms with van der Waals surface area (Å²) in [6.45, 7) is 2.59. The summed E-state index contributed by atoms with van der Waals surface area (Å²) in [7, 11) is 0. The molecule has 0 saturated heterocycles. The Labute approximate surface area is 202 Å². The smallest absolute Gasteiger partial charge is 0.130 e. The van der Waals surface area contributed by atoms with Crippen LogP contribution in [0.4, 0.5) is 0 Å². The molecule has 2 aromatic carbocycles. The second kappa shape index (κ2) is 13.3. The number of rotatable bonds is 0. The second-order valence-electron chi connectivity index (χ2n) is 8.53. The van der Waals surface area contributed by atoms with Gasteiger partial charge < -0.3 is 9.47 Å². The molecule has 34 heavy (non-hydrogen) atoms. The van der Waals surface area contributed by atoms with E-state index < -0.39 is 0 Å². The van der Waals surface area contributed by atoms with Gasteiger partial charge in [0.2, 0.25) is 0 Å². The summed E-state index contributed by atoms with van der Waals surface area (Å²) in [4.78, 5) is 13.8. The molecule has 0 atom stereocenters. The van der Waals surface area contributed by atoms with Gasteiger partial charge in [-0.2, -0.15) is 0 Å². The maximum Gasteiger partial charge on any atom is 0.130 e. The fourth-order valence-electron chi connectivity index (χ4n) is 3.76. The number of aliphatic imine (C=N–C) groups is 2. The highest BCUT2D eigenvalue weighted by Crippen LogP contribution is 2.15. The fourth-order valence-corrected chi connectivity index (χ4v) is 3.76. The summed E-state index contributed by atoms with van der Waals surface area (Å²) in [5.74, 6) is 1.64. The van der Waals surface area contributed by atoms with Crippen molar-refractivity contribution in [2.24, 2.45) is 9.98 Å². The maximum absolute atomic E-state index is 5.93. The van der Waals surface area contributed by atoms with Gasteiger partial charge in [-0.25, -0.2) is 0 Å². The fraction of sp³-hybridized carbons (Fsp3) is 0.345. The number of nitrogens with zero attached hydrogens (tertiary/aromatic N) is 3. The Kier molecular flexibility index (Phi) is 9.26. The lowest BCUT2D eigenvalue weighted by atomic mass is 10.1. The van der Waals surface area contributed by atoms with Gasteiger partial charge in [-0.1, -0.05) is 31.7 Å². The van der Waals surface area contributed by atoms with E-state index in [1.807, 2.05) is 79.2 Å². The molecule has 5 nitrogen and oxygen atoms in total. The lowest BCUT2D eigenvalue weighted by molar-refractivity contribution is 0.290. The molecule has 0 spiro atoms. The Hall–Kier alpha value is -3.47. The molecule has 6 rings (SSSR count). The number of aromatic nitrogens is 1. The lowest BCUT2D eigenvalue weighted by Gasteiger charge is -2.09. The van der Waals surface area contributed by atoms with Crippen LogP contribution < -0.4 is 9.47 Å². The molecule has 0 radical (unpaired) electrons. The Bertz CT molecular complexity index is 977. The van der Waals surface area contributed by atoms with Crippen LogP contribution in [-0.4, -0.2) is 30.5 Å². The monoisotopic (exact) mass is 455 g/mol. The number of pyridine rings is 1. The normalized spacial score (nSPS) is 15.9. The Morgan fingerprint density at radius 1 is 0.500 bits per heavy atom. The van der Waals surface area contributed by atoms with Gasteiger partial charge in [-0.3, -0.25) is 15.0 Å². The average molecular weight is 456 g/mol. The third-order valence-corrected chi connectivity index (χ3v) is 5.70. The van der Waals surface area contributed by atoms with Crippen LogP contribution in [0.5, 0.6) is 11.5 Å². The quantitative estimate of drug-likeness (QED) is 0.392. The van der Waals surface area contributed by atoms with E-state index in [4.69, 9.17) is 9.47 Å². The molecule has 0 N–H and O–H groups in total. The summed E-state index contributed by atoms with van der Waals surface area (Å²) in [6, 6.07) is 22.0. The molecule has 6 bridgehead atoms. The predicted molar refractivity (Wildman–Crippen MR) is 138 cm³/mol. The van der Waals surface area contributed by atoms with Crippen molar-refractivity contribution in [3.05, 3.63) is 89.2 Å². The summed E-state index contributed by atoms with van der Waals surface area (Å²) in [6.07, 6.45) is 11.2. The topological polar surface area (TPSA) is 56.1 Å². The predicted octanol–water partition coefficient (Wildman–Crippen LogP) is 6.43. The van der Waals surface area contributed by atoms with E-state index in [2.05, 4.69) is 15.0 Å². The van der Waals surface area contributed by atoms with Crippen LogP contribution in [0.3, 0.4) is 0 Å². The number of hydrogen-bond acceptors (Lipinski definition) is 5. The van der Waals surface area contributed by atoms with Crippen LogP contribution in [0.15, 0.2) is 76.7 Å². The van der Waals surface area contributed by atoms with Crippen molar-refractivity contribution >= 4 is 12.4 Å². The van der Waals surface area contributed by atoms with Crippen molar-refractivity contribution in [1.82, 2.24) is 4.98 Å². The van der Waals surface area contributed by atoms with Crippen molar-refractivity contribution in [3.63, 3.8) is 0 Å². The van der Waals surface area contributed by atoms with Crippen LogP contribution in [0, 0.1) is 0 Å². The Morgan fingerprint density at radius 3 is 1.41 bits per heavy atom. The highest BCUT2D eigenvalue weighted by molar-refractivity contribution is 5.80. The number of benzene rings is 2. The first-order valence-electron chi connectivity index (χ1n) is 12.3. The van der Waals surface area contributed by atoms with E-state index in [1.54, 1.807) is 0 Å². The first kappa shape index (κ1) is 23.7. The minimum Gasteiger partial charge on any atom is -0.487 e. The number of fused-ring (bicyclic) bond motifs is 2. The summed E-state index contributed by atoms with van der Waals surface area (Å²) in [5.41, 5.74) is 3.93. The minimum atomic E-state index is 0.412. The third-order valence-electron chi connectivity index (χ3n) is 5.70. The van der Waals surface area contributed by atoms with Gasteiger partial charge in [0, 0.05) is 25.5 Å². The number of ether oxygens (including phenoxy) is 2. The van der Waals surface area contributed by atoms with Crippen LogP contribution in [0.1, 0.15) is 61.0 Å². The molecule has 3 aliphatic heterocycles. The molecule has 176 valence electrons. The first-order valence-corrected chi connectivity index (χ1v) is 12.3. The van der Waals surface area contributed by atoms with Crippen LogP contribution in [-0.2, 0) is 13.2 Å². The van der Waals surface area contributed by atoms with Crippen molar-refractivity contribution in [2.45, 2.75) is 51.7 Å². The lowest BCUT2D eigenvalue weighted by Crippen LogP contribution is -2.03. The van der Waals surface area contributed by atoms with Gasteiger partial charge in [0.25, 0.3) is 0 Å². The Balaban J connectivity index is 1.39. The van der Waals surface area contributed by atoms with Crippen LogP contribution in [0.25, 0.3) is 0 Å². The van der Waals surface area contributed by atoms with Crippen LogP contribution in [0.2, 0.25) is 0 Å². The molecule has 3 aliphatic rings. The molecule has 0 unspecified atom stereocenters. The van der Waals surface area contributed by atoms with E-state index in [0.29, 0.717) is 13.2 Å². The van der Waals surface area contributed by atoms with Crippen molar-refractivity contribution in [2.75, 3.05) is 13.1 Å². The van der Waals surface area contributed by atoms with Gasteiger partial charge in [-0.15, -0.1) is 0 Å². The average Bonchev–Trinajstić information content (AvgIpc) is 2.88. The van der Waals surface area contributed by atoms with Gasteiger partial charge in [0.15, 0.2) is 0 Å². The Morgan fingerprint density at radius 2 is 0.941 bits per heavy atom. The minimum absolute atomic E-state index is 0.412. The third kappa shape index (κ3) is 8.14. The standard InChI is InChI=1S/C29H33N3O2/c1-2-4-6-19-31-21-25-12-16-29(17-13-25)34-23-27-9-7-8-26(32-27)22-33-28-14-10-24(11-15-28)20-30-18-5-3-1/h7-17,20-21H,1-6,18-19,22-23H2. The van der Waals surface area contributed by atoms with Gasteiger partial charge in [0.1, 0.15) is 24.7 Å². The highest BCUT2D eigenvalue weighted by atomic mass is 16.5. The van der Waals surface area contributed by atoms with Gasteiger partial charge >= 0.3 is 0 Å². The largest absolute Gasteiger partial charge is 0.487 e. The maximum atomic E-state index is 5.93. The summed E-state index contributed by atoms with van der Waals surface area (Å²) < 4.78 is 11.9. The molecule has 0 fully saturated rings. The molecule has 0 saturated carbocycles. The highest BCUT2D eigenvalue weighted by Gasteiger charge is 2.02. The van der Waals surface area contributed by atoms with Gasteiger partial charge in [0.05, 0.1) is 11.4 Å².